The van der Waals surface area contributed by atoms with Crippen molar-refractivity contribution >= 4 is 0 Å². The van der Waals surface area contributed by atoms with Crippen LogP contribution in [0.25, 0.3) is 0 Å². The minimum atomic E-state index is -0.641. The highest BCUT2D eigenvalue weighted by Crippen LogP contribution is 2.29. The first-order chi connectivity index (χ1) is 8.98. The molecule has 3 nitrogen and oxygen atoms in total. The number of hydrogen-bond acceptors (Lipinski definition) is 3. The maximum atomic E-state index is 8.87. The van der Waals surface area contributed by atoms with E-state index in [-0.39, 0.29) is 0 Å². The number of rotatable bonds is 7. The van der Waals surface area contributed by atoms with Gasteiger partial charge in [-0.3, -0.25) is 0 Å². The molecule has 0 bridgehead atoms. The largest absolute Gasteiger partial charge is 0.314 e. The standard InChI is InChI=1S/C16H31N3/c1-4-14-7-9-15(10-8-14)19(3)12-6-5-11-16(2,18)13-17/h14-15H,4-12,18H2,1-3H3. The summed E-state index contributed by atoms with van der Waals surface area (Å²) in [6.45, 7) is 5.28. The molecule has 0 aromatic rings. The number of nitriles is 1. The Morgan fingerprint density at radius 1 is 1.26 bits per heavy atom. The fourth-order valence-electron chi connectivity index (χ4n) is 3.09. The summed E-state index contributed by atoms with van der Waals surface area (Å²) in [6.07, 6.45) is 9.89. The maximum absolute atomic E-state index is 8.87. The van der Waals surface area contributed by atoms with Crippen molar-refractivity contribution in [2.24, 2.45) is 11.7 Å². The SMILES string of the molecule is CCC1CCC(N(C)CCCCC(C)(N)C#N)CC1. The van der Waals surface area contributed by atoms with Crippen molar-refractivity contribution in [3.63, 3.8) is 0 Å². The van der Waals surface area contributed by atoms with Crippen LogP contribution in [0.4, 0.5) is 0 Å². The first kappa shape index (κ1) is 16.5. The minimum absolute atomic E-state index is 0.641. The lowest BCUT2D eigenvalue weighted by molar-refractivity contribution is 0.161. The molecule has 0 aromatic heterocycles. The molecule has 3 heteroatoms. The van der Waals surface area contributed by atoms with Crippen LogP contribution in [0.5, 0.6) is 0 Å². The maximum Gasteiger partial charge on any atom is 0.101 e. The van der Waals surface area contributed by atoms with E-state index >= 15 is 0 Å². The molecule has 2 N–H and O–H groups in total. The first-order valence-corrected chi connectivity index (χ1v) is 7.89. The molecule has 1 aliphatic rings. The summed E-state index contributed by atoms with van der Waals surface area (Å²) in [5.41, 5.74) is 5.19. The predicted octanol–water partition coefficient (Wildman–Crippen LogP) is 3.30. The van der Waals surface area contributed by atoms with Crippen molar-refractivity contribution in [3.05, 3.63) is 0 Å². The van der Waals surface area contributed by atoms with E-state index in [1.807, 2.05) is 6.92 Å². The van der Waals surface area contributed by atoms with Gasteiger partial charge in [-0.2, -0.15) is 5.26 Å². The molecule has 0 aliphatic heterocycles. The Morgan fingerprint density at radius 3 is 2.42 bits per heavy atom. The summed E-state index contributed by atoms with van der Waals surface area (Å²) in [5.74, 6) is 0.971. The van der Waals surface area contributed by atoms with Crippen LogP contribution >= 0.6 is 0 Å². The molecule has 1 saturated carbocycles. The lowest BCUT2D eigenvalue weighted by atomic mass is 9.84. The second-order valence-corrected chi connectivity index (χ2v) is 6.55. The van der Waals surface area contributed by atoms with E-state index in [2.05, 4.69) is 24.9 Å². The molecule has 19 heavy (non-hydrogen) atoms. The van der Waals surface area contributed by atoms with E-state index < -0.39 is 5.54 Å². The molecule has 1 rings (SSSR count). The Labute approximate surface area is 119 Å². The Kier molecular flexibility index (Phi) is 6.82. The van der Waals surface area contributed by atoms with E-state index in [1.54, 1.807) is 0 Å². The zero-order valence-electron chi connectivity index (χ0n) is 13.0. The molecule has 1 fully saturated rings. The number of unbranched alkanes of at least 4 members (excludes halogenated alkanes) is 1. The summed E-state index contributed by atoms with van der Waals surface area (Å²) >= 11 is 0. The fraction of sp³-hybridized carbons (Fsp3) is 0.938. The average Bonchev–Trinajstić information content (AvgIpc) is 2.43. The summed E-state index contributed by atoms with van der Waals surface area (Å²) in [7, 11) is 2.25. The van der Waals surface area contributed by atoms with Gasteiger partial charge in [0.05, 0.1) is 6.07 Å². The van der Waals surface area contributed by atoms with Crippen molar-refractivity contribution in [3.8, 4) is 6.07 Å². The molecular weight excluding hydrogens is 234 g/mol. The third kappa shape index (κ3) is 5.93. The van der Waals surface area contributed by atoms with Crippen molar-refractivity contribution in [2.45, 2.75) is 76.8 Å². The summed E-state index contributed by atoms with van der Waals surface area (Å²) < 4.78 is 0. The highest BCUT2D eigenvalue weighted by Gasteiger charge is 2.23. The second-order valence-electron chi connectivity index (χ2n) is 6.55. The van der Waals surface area contributed by atoms with Crippen LogP contribution in [0.2, 0.25) is 0 Å². The van der Waals surface area contributed by atoms with Gasteiger partial charge in [0.1, 0.15) is 5.54 Å². The van der Waals surface area contributed by atoms with Crippen molar-refractivity contribution < 1.29 is 0 Å². The Bertz CT molecular complexity index is 285. The lowest BCUT2D eigenvalue weighted by Gasteiger charge is -2.34. The average molecular weight is 265 g/mol. The summed E-state index contributed by atoms with van der Waals surface area (Å²) in [6, 6.07) is 2.95. The molecule has 0 heterocycles. The fourth-order valence-corrected chi connectivity index (χ4v) is 3.09. The highest BCUT2D eigenvalue weighted by molar-refractivity contribution is 5.00. The smallest absolute Gasteiger partial charge is 0.101 e. The lowest BCUT2D eigenvalue weighted by Crippen LogP contribution is -2.36. The Morgan fingerprint density at radius 2 is 1.89 bits per heavy atom. The number of nitrogens with zero attached hydrogens (tertiary/aromatic N) is 2. The number of hydrogen-bond donors (Lipinski definition) is 1. The van der Waals surface area contributed by atoms with Gasteiger partial charge in [0.15, 0.2) is 0 Å². The van der Waals surface area contributed by atoms with Gasteiger partial charge in [-0.1, -0.05) is 13.3 Å². The molecule has 0 amide bonds. The van der Waals surface area contributed by atoms with Crippen LogP contribution in [0.1, 0.15) is 65.2 Å². The summed E-state index contributed by atoms with van der Waals surface area (Å²) in [5, 5.41) is 8.87. The normalized spacial score (nSPS) is 26.9. The molecule has 0 radical (unpaired) electrons. The van der Waals surface area contributed by atoms with Crippen LogP contribution in [0, 0.1) is 17.2 Å². The minimum Gasteiger partial charge on any atom is -0.314 e. The van der Waals surface area contributed by atoms with E-state index in [0.29, 0.717) is 0 Å². The van der Waals surface area contributed by atoms with Gasteiger partial charge < -0.3 is 10.6 Å². The van der Waals surface area contributed by atoms with Gasteiger partial charge >= 0.3 is 0 Å². The van der Waals surface area contributed by atoms with Crippen molar-refractivity contribution in [1.82, 2.24) is 4.90 Å². The molecule has 1 aliphatic carbocycles. The first-order valence-electron chi connectivity index (χ1n) is 7.89. The highest BCUT2D eigenvalue weighted by atomic mass is 15.1. The van der Waals surface area contributed by atoms with Gasteiger partial charge in [-0.25, -0.2) is 0 Å². The van der Waals surface area contributed by atoms with Gasteiger partial charge in [0.25, 0.3) is 0 Å². The number of nitrogens with two attached hydrogens (primary N) is 1. The predicted molar refractivity (Wildman–Crippen MR) is 80.7 cm³/mol. The van der Waals surface area contributed by atoms with E-state index in [0.717, 1.165) is 37.8 Å². The zero-order valence-corrected chi connectivity index (χ0v) is 13.0. The molecule has 0 saturated heterocycles. The zero-order chi connectivity index (χ0) is 14.3. The molecular formula is C16H31N3. The third-order valence-electron chi connectivity index (χ3n) is 4.73. The second kappa shape index (κ2) is 7.87. The van der Waals surface area contributed by atoms with Gasteiger partial charge in [0.2, 0.25) is 0 Å². The van der Waals surface area contributed by atoms with Crippen LogP contribution in [0.3, 0.4) is 0 Å². The Balaban J connectivity index is 2.15. The van der Waals surface area contributed by atoms with Crippen molar-refractivity contribution in [1.29, 1.82) is 5.26 Å². The molecule has 1 atom stereocenters. The van der Waals surface area contributed by atoms with Crippen molar-refractivity contribution in [2.75, 3.05) is 13.6 Å². The Hall–Kier alpha value is -0.590. The molecule has 0 aromatic carbocycles. The quantitative estimate of drug-likeness (QED) is 0.719. The van der Waals surface area contributed by atoms with Gasteiger partial charge in [-0.05, 0) is 71.4 Å². The van der Waals surface area contributed by atoms with Gasteiger partial charge in [-0.15, -0.1) is 0 Å². The molecule has 0 spiro atoms. The molecule has 1 unspecified atom stereocenters. The van der Waals surface area contributed by atoms with E-state index in [1.165, 1.54) is 32.1 Å². The van der Waals surface area contributed by atoms with E-state index in [4.69, 9.17) is 11.0 Å². The topological polar surface area (TPSA) is 53.0 Å². The van der Waals surface area contributed by atoms with Crippen LogP contribution in [0.15, 0.2) is 0 Å². The summed E-state index contributed by atoms with van der Waals surface area (Å²) in [4.78, 5) is 2.52. The van der Waals surface area contributed by atoms with Crippen LogP contribution < -0.4 is 5.73 Å². The van der Waals surface area contributed by atoms with E-state index in [9.17, 15) is 0 Å². The van der Waals surface area contributed by atoms with Crippen LogP contribution in [-0.2, 0) is 0 Å². The van der Waals surface area contributed by atoms with Gasteiger partial charge in [0, 0.05) is 6.04 Å². The molecule has 110 valence electrons. The van der Waals surface area contributed by atoms with Crippen LogP contribution in [-0.4, -0.2) is 30.1 Å². The third-order valence-corrected chi connectivity index (χ3v) is 4.73. The monoisotopic (exact) mass is 265 g/mol.